The van der Waals surface area contributed by atoms with E-state index in [1.54, 1.807) is 24.3 Å². The summed E-state index contributed by atoms with van der Waals surface area (Å²) in [7, 11) is 1.48. The highest BCUT2D eigenvalue weighted by atomic mass is 19.1. The van der Waals surface area contributed by atoms with Crippen LogP contribution in [0.3, 0.4) is 0 Å². The molecule has 24 heavy (non-hydrogen) atoms. The molecule has 1 amide bonds. The summed E-state index contributed by atoms with van der Waals surface area (Å²) in [5, 5.41) is 9.61. The van der Waals surface area contributed by atoms with Gasteiger partial charge in [-0.15, -0.1) is 0 Å². The Kier molecular flexibility index (Phi) is 4.69. The lowest BCUT2D eigenvalue weighted by atomic mass is 9.98. The van der Waals surface area contributed by atoms with Gasteiger partial charge in [0.1, 0.15) is 5.82 Å². The number of hydrogen-bond acceptors (Lipinski definition) is 3. The first-order valence-electron chi connectivity index (χ1n) is 7.96. The van der Waals surface area contributed by atoms with Crippen molar-refractivity contribution in [1.82, 2.24) is 4.90 Å². The van der Waals surface area contributed by atoms with Crippen LogP contribution in [0.15, 0.2) is 42.5 Å². The molecule has 1 N–H and O–H groups in total. The van der Waals surface area contributed by atoms with E-state index in [4.69, 9.17) is 4.74 Å². The maximum atomic E-state index is 13.4. The molecule has 3 rings (SSSR count). The second-order valence-corrected chi connectivity index (χ2v) is 6.06. The third-order valence-corrected chi connectivity index (χ3v) is 4.46. The number of halogens is 1. The second-order valence-electron chi connectivity index (χ2n) is 6.06. The third-order valence-electron chi connectivity index (χ3n) is 4.46. The van der Waals surface area contributed by atoms with Gasteiger partial charge >= 0.3 is 0 Å². The molecule has 1 unspecified atom stereocenters. The minimum atomic E-state index is -0.242. The Labute approximate surface area is 140 Å². The number of amides is 1. The summed E-state index contributed by atoms with van der Waals surface area (Å²) in [5.74, 6) is 0.384. The number of nitrogens with zero attached hydrogens (tertiary/aromatic N) is 1. The average Bonchev–Trinajstić information content (AvgIpc) is 3.07. The van der Waals surface area contributed by atoms with Crippen LogP contribution < -0.4 is 4.74 Å². The Hall–Kier alpha value is -2.56. The van der Waals surface area contributed by atoms with Crippen LogP contribution in [0, 0.1) is 5.82 Å². The zero-order chi connectivity index (χ0) is 17.1. The molecule has 2 aromatic carbocycles. The number of phenolic OH excluding ortho intramolecular Hbond substituents is 1. The summed E-state index contributed by atoms with van der Waals surface area (Å²) in [6, 6.07) is 11.5. The summed E-state index contributed by atoms with van der Waals surface area (Å²) in [5.41, 5.74) is 1.74. The summed E-state index contributed by atoms with van der Waals surface area (Å²) >= 11 is 0. The van der Waals surface area contributed by atoms with Crippen molar-refractivity contribution in [2.24, 2.45) is 0 Å². The Morgan fingerprint density at radius 1 is 1.33 bits per heavy atom. The van der Waals surface area contributed by atoms with E-state index in [1.807, 2.05) is 11.0 Å². The molecule has 0 aromatic heterocycles. The van der Waals surface area contributed by atoms with Gasteiger partial charge in [0.25, 0.3) is 0 Å². The molecule has 1 aliphatic heterocycles. The van der Waals surface area contributed by atoms with Gasteiger partial charge in [0.2, 0.25) is 5.91 Å². The minimum Gasteiger partial charge on any atom is -0.504 e. The molecule has 0 bridgehead atoms. The molecule has 4 nitrogen and oxygen atoms in total. The molecule has 1 aliphatic rings. The number of benzene rings is 2. The molecule has 126 valence electrons. The zero-order valence-electron chi connectivity index (χ0n) is 13.5. The van der Waals surface area contributed by atoms with Crippen LogP contribution in [0.25, 0.3) is 0 Å². The maximum absolute atomic E-state index is 13.4. The first-order valence-corrected chi connectivity index (χ1v) is 7.96. The fourth-order valence-electron chi connectivity index (χ4n) is 3.14. The molecule has 1 fully saturated rings. The molecular weight excluding hydrogens is 309 g/mol. The number of carbonyl (C=O) groups is 1. The predicted octanol–water partition coefficient (Wildman–Crippen LogP) is 3.10. The molecule has 1 saturated heterocycles. The van der Waals surface area contributed by atoms with E-state index in [-0.39, 0.29) is 29.8 Å². The lowest BCUT2D eigenvalue weighted by Gasteiger charge is -2.17. The van der Waals surface area contributed by atoms with Crippen LogP contribution in [0.5, 0.6) is 11.5 Å². The van der Waals surface area contributed by atoms with Gasteiger partial charge in [-0.05, 0) is 41.8 Å². The van der Waals surface area contributed by atoms with Crippen LogP contribution in [-0.4, -0.2) is 36.1 Å². The number of hydrogen-bond donors (Lipinski definition) is 1. The zero-order valence-corrected chi connectivity index (χ0v) is 13.5. The second kappa shape index (κ2) is 6.91. The fourth-order valence-corrected chi connectivity index (χ4v) is 3.14. The molecule has 0 aliphatic carbocycles. The van der Waals surface area contributed by atoms with Crippen molar-refractivity contribution in [2.45, 2.75) is 18.8 Å². The topological polar surface area (TPSA) is 49.8 Å². The van der Waals surface area contributed by atoms with Crippen molar-refractivity contribution in [3.05, 3.63) is 59.4 Å². The van der Waals surface area contributed by atoms with E-state index in [1.165, 1.54) is 19.2 Å². The van der Waals surface area contributed by atoms with Crippen molar-refractivity contribution >= 4 is 5.91 Å². The first kappa shape index (κ1) is 16.3. The normalized spacial score (nSPS) is 17.1. The number of rotatable bonds is 4. The van der Waals surface area contributed by atoms with Crippen LogP contribution in [0.1, 0.15) is 23.5 Å². The lowest BCUT2D eigenvalue weighted by Crippen LogP contribution is -2.29. The molecule has 0 saturated carbocycles. The average molecular weight is 329 g/mol. The molecule has 0 radical (unpaired) electrons. The van der Waals surface area contributed by atoms with Gasteiger partial charge in [0, 0.05) is 19.0 Å². The number of phenols is 1. The van der Waals surface area contributed by atoms with Crippen molar-refractivity contribution in [3.63, 3.8) is 0 Å². The Balaban J connectivity index is 1.64. The van der Waals surface area contributed by atoms with Gasteiger partial charge in [0.05, 0.1) is 13.5 Å². The van der Waals surface area contributed by atoms with Gasteiger partial charge in [-0.1, -0.05) is 18.2 Å². The Morgan fingerprint density at radius 3 is 2.92 bits per heavy atom. The fraction of sp³-hybridized carbons (Fsp3) is 0.316. The van der Waals surface area contributed by atoms with E-state index >= 15 is 0 Å². The van der Waals surface area contributed by atoms with Crippen molar-refractivity contribution in [1.29, 1.82) is 0 Å². The number of carbonyl (C=O) groups excluding carboxylic acids is 1. The molecular formula is C19H20FNO3. The van der Waals surface area contributed by atoms with Gasteiger partial charge < -0.3 is 14.7 Å². The van der Waals surface area contributed by atoms with E-state index in [0.717, 1.165) is 17.5 Å². The van der Waals surface area contributed by atoms with E-state index in [2.05, 4.69) is 0 Å². The first-order chi connectivity index (χ1) is 11.6. The highest BCUT2D eigenvalue weighted by Gasteiger charge is 2.27. The number of aromatic hydroxyl groups is 1. The Morgan fingerprint density at radius 2 is 2.17 bits per heavy atom. The van der Waals surface area contributed by atoms with Gasteiger partial charge in [-0.25, -0.2) is 4.39 Å². The smallest absolute Gasteiger partial charge is 0.227 e. The van der Waals surface area contributed by atoms with Crippen LogP contribution in [0.2, 0.25) is 0 Å². The van der Waals surface area contributed by atoms with Crippen molar-refractivity contribution in [2.75, 3.05) is 20.2 Å². The largest absolute Gasteiger partial charge is 0.504 e. The van der Waals surface area contributed by atoms with E-state index in [0.29, 0.717) is 18.8 Å². The van der Waals surface area contributed by atoms with Crippen molar-refractivity contribution in [3.8, 4) is 11.5 Å². The number of likely N-dealkylation sites (tertiary alicyclic amines) is 1. The van der Waals surface area contributed by atoms with Crippen LogP contribution in [0.4, 0.5) is 4.39 Å². The Bertz CT molecular complexity index is 747. The summed E-state index contributed by atoms with van der Waals surface area (Å²) in [6.07, 6.45) is 1.10. The monoisotopic (exact) mass is 329 g/mol. The third kappa shape index (κ3) is 3.50. The standard InChI is InChI=1S/C19H20FNO3/c1-24-18-9-13(5-6-17(18)22)10-19(23)21-8-7-15(12-21)14-3-2-4-16(20)11-14/h2-6,9,11,15,22H,7-8,10,12H2,1H3. The summed E-state index contributed by atoms with van der Waals surface area (Å²) in [6.45, 7) is 1.28. The van der Waals surface area contributed by atoms with Gasteiger partial charge in [-0.3, -0.25) is 4.79 Å². The number of methoxy groups -OCH3 is 1. The minimum absolute atomic E-state index is 0.0293. The quantitative estimate of drug-likeness (QED) is 0.938. The van der Waals surface area contributed by atoms with Crippen molar-refractivity contribution < 1.29 is 19.0 Å². The molecule has 0 spiro atoms. The SMILES string of the molecule is COc1cc(CC(=O)N2CCC(c3cccc(F)c3)C2)ccc1O. The summed E-state index contributed by atoms with van der Waals surface area (Å²) < 4.78 is 18.4. The predicted molar refractivity (Wildman–Crippen MR) is 88.7 cm³/mol. The highest BCUT2D eigenvalue weighted by Crippen LogP contribution is 2.29. The molecule has 1 atom stereocenters. The van der Waals surface area contributed by atoms with Gasteiger partial charge in [-0.2, -0.15) is 0 Å². The van der Waals surface area contributed by atoms with E-state index in [9.17, 15) is 14.3 Å². The maximum Gasteiger partial charge on any atom is 0.227 e. The highest BCUT2D eigenvalue weighted by molar-refractivity contribution is 5.79. The molecule has 2 aromatic rings. The lowest BCUT2D eigenvalue weighted by molar-refractivity contribution is -0.129. The van der Waals surface area contributed by atoms with Crippen LogP contribution in [-0.2, 0) is 11.2 Å². The number of ether oxygens (including phenoxy) is 1. The molecule has 5 heteroatoms. The summed E-state index contributed by atoms with van der Waals surface area (Å²) in [4.78, 5) is 14.3. The molecule has 1 heterocycles. The van der Waals surface area contributed by atoms with Gasteiger partial charge in [0.15, 0.2) is 11.5 Å². The van der Waals surface area contributed by atoms with Crippen LogP contribution >= 0.6 is 0 Å². The van der Waals surface area contributed by atoms with E-state index < -0.39 is 0 Å².